The maximum absolute atomic E-state index is 13.5. The van der Waals surface area contributed by atoms with Crippen molar-refractivity contribution in [3.8, 4) is 11.5 Å². The quantitative estimate of drug-likeness (QED) is 0.451. The van der Waals surface area contributed by atoms with Crippen LogP contribution < -0.4 is 14.8 Å². The largest absolute Gasteiger partial charge is 0.497 e. The van der Waals surface area contributed by atoms with Crippen LogP contribution in [0.1, 0.15) is 57.6 Å². The van der Waals surface area contributed by atoms with E-state index in [1.165, 1.54) is 31.4 Å². The number of nitrogens with one attached hydrogen (secondary N) is 1. The molecule has 0 saturated carbocycles. The molecule has 6 nitrogen and oxygen atoms in total. The molecule has 0 saturated heterocycles. The normalized spacial score (nSPS) is 20.8. The van der Waals surface area contributed by atoms with Crippen LogP contribution in [-0.4, -0.2) is 25.1 Å². The molecule has 3 aromatic carbocycles. The molecule has 0 aromatic heterocycles. The predicted molar refractivity (Wildman–Crippen MR) is 128 cm³/mol. The number of alkyl halides is 3. The fourth-order valence-electron chi connectivity index (χ4n) is 4.87. The summed E-state index contributed by atoms with van der Waals surface area (Å²) in [5.74, 6) is -0.0406. The van der Waals surface area contributed by atoms with Crippen molar-refractivity contribution in [3.05, 3.63) is 94.5 Å². The number of carbonyl (C=O) groups excluding carboxylic acids is 2. The van der Waals surface area contributed by atoms with Gasteiger partial charge in [0.05, 0.1) is 24.3 Å². The first-order valence-electron chi connectivity index (χ1n) is 11.9. The molecule has 37 heavy (non-hydrogen) atoms. The summed E-state index contributed by atoms with van der Waals surface area (Å²) in [5.41, 5.74) is 1.39. The molecular formula is C28H24F3NO5. The summed E-state index contributed by atoms with van der Waals surface area (Å²) in [4.78, 5) is 26.5. The van der Waals surface area contributed by atoms with Crippen molar-refractivity contribution in [1.82, 2.24) is 5.32 Å². The first-order chi connectivity index (χ1) is 17.7. The van der Waals surface area contributed by atoms with E-state index in [1.54, 1.807) is 6.07 Å². The molecule has 1 amide bonds. The summed E-state index contributed by atoms with van der Waals surface area (Å²) < 4.78 is 57.0. The van der Waals surface area contributed by atoms with Gasteiger partial charge < -0.3 is 19.5 Å². The molecule has 1 aliphatic heterocycles. The number of ketones is 1. The minimum atomic E-state index is -4.60. The zero-order valence-corrected chi connectivity index (χ0v) is 19.9. The second-order valence-electron chi connectivity index (χ2n) is 9.00. The Balaban J connectivity index is 1.46. The van der Waals surface area contributed by atoms with Gasteiger partial charge in [-0.25, -0.2) is 4.79 Å². The Kier molecular flexibility index (Phi) is 6.54. The number of carbonyl (C=O) groups is 2. The lowest BCUT2D eigenvalue weighted by atomic mass is 9.88. The van der Waals surface area contributed by atoms with Crippen molar-refractivity contribution in [1.29, 1.82) is 0 Å². The van der Waals surface area contributed by atoms with E-state index in [4.69, 9.17) is 14.2 Å². The van der Waals surface area contributed by atoms with Gasteiger partial charge >= 0.3 is 12.3 Å². The first kappa shape index (κ1) is 24.7. The SMILES string of the molecule is COc1ccc2c(c1)O[C@@H](c1cccc(C(F)(F)F)c1)[C@H](OC(=O)N[C@H]1CCCc3ccccc31)C2=O. The highest BCUT2D eigenvalue weighted by atomic mass is 19.4. The Hall–Kier alpha value is -4.01. The smallest absolute Gasteiger partial charge is 0.416 e. The Bertz CT molecular complexity index is 1340. The molecule has 1 heterocycles. The number of hydrogen-bond donors (Lipinski definition) is 1. The molecule has 3 aromatic rings. The van der Waals surface area contributed by atoms with E-state index in [9.17, 15) is 22.8 Å². The Morgan fingerprint density at radius 2 is 1.86 bits per heavy atom. The number of Topliss-reactive ketones (excluding diaryl/α,β-unsaturated/α-hetero) is 1. The molecule has 0 fully saturated rings. The van der Waals surface area contributed by atoms with Gasteiger partial charge in [-0.2, -0.15) is 13.2 Å². The topological polar surface area (TPSA) is 73.9 Å². The number of amides is 1. The van der Waals surface area contributed by atoms with E-state index in [-0.39, 0.29) is 22.9 Å². The fraction of sp³-hybridized carbons (Fsp3) is 0.286. The van der Waals surface area contributed by atoms with E-state index in [0.717, 1.165) is 36.1 Å². The van der Waals surface area contributed by atoms with Crippen molar-refractivity contribution in [2.24, 2.45) is 0 Å². The number of hydrogen-bond acceptors (Lipinski definition) is 5. The molecule has 5 rings (SSSR count). The molecule has 1 N–H and O–H groups in total. The van der Waals surface area contributed by atoms with Gasteiger partial charge in [-0.3, -0.25) is 4.79 Å². The number of benzene rings is 3. The van der Waals surface area contributed by atoms with Crippen LogP contribution in [0.3, 0.4) is 0 Å². The van der Waals surface area contributed by atoms with Gasteiger partial charge in [-0.05, 0) is 60.2 Å². The van der Waals surface area contributed by atoms with Crippen molar-refractivity contribution < 1.29 is 37.0 Å². The molecule has 0 spiro atoms. The highest BCUT2D eigenvalue weighted by Crippen LogP contribution is 2.40. The maximum Gasteiger partial charge on any atom is 0.416 e. The lowest BCUT2D eigenvalue weighted by Gasteiger charge is -2.33. The van der Waals surface area contributed by atoms with Crippen LogP contribution in [0, 0.1) is 0 Å². The van der Waals surface area contributed by atoms with Gasteiger partial charge in [0.15, 0.2) is 6.10 Å². The Morgan fingerprint density at radius 3 is 2.65 bits per heavy atom. The standard InChI is InChI=1S/C28H24F3NO5/c1-35-19-12-13-21-23(15-19)36-25(17-8-4-9-18(14-17)28(29,30)31)26(24(21)33)37-27(34)32-22-11-5-7-16-6-2-3-10-20(16)22/h2-4,6,8-10,12-15,22,25-26H,5,7,11H2,1H3,(H,32,34)/t22-,25-,26+/m0/s1. The van der Waals surface area contributed by atoms with Crippen LogP contribution in [-0.2, 0) is 17.3 Å². The van der Waals surface area contributed by atoms with Gasteiger partial charge in [0.1, 0.15) is 11.5 Å². The Labute approximate surface area is 211 Å². The van der Waals surface area contributed by atoms with Crippen LogP contribution in [0.15, 0.2) is 66.7 Å². The molecule has 3 atom stereocenters. The zero-order valence-electron chi connectivity index (χ0n) is 19.9. The summed E-state index contributed by atoms with van der Waals surface area (Å²) in [7, 11) is 1.44. The number of alkyl carbamates (subject to hydrolysis) is 1. The van der Waals surface area contributed by atoms with Crippen molar-refractivity contribution in [3.63, 3.8) is 0 Å². The first-order valence-corrected chi connectivity index (χ1v) is 11.9. The summed E-state index contributed by atoms with van der Waals surface area (Å²) >= 11 is 0. The second-order valence-corrected chi connectivity index (χ2v) is 9.00. The Morgan fingerprint density at radius 1 is 1.05 bits per heavy atom. The minimum absolute atomic E-state index is 0.0532. The summed E-state index contributed by atoms with van der Waals surface area (Å²) in [6.07, 6.45) is -5.77. The van der Waals surface area contributed by atoms with Crippen LogP contribution in [0.4, 0.5) is 18.0 Å². The van der Waals surface area contributed by atoms with E-state index in [2.05, 4.69) is 5.32 Å². The molecule has 192 valence electrons. The molecule has 1 aliphatic carbocycles. The average Bonchev–Trinajstić information content (AvgIpc) is 2.89. The average molecular weight is 511 g/mol. The number of halogens is 3. The molecule has 0 bridgehead atoms. The van der Waals surface area contributed by atoms with Gasteiger partial charge in [0.2, 0.25) is 11.9 Å². The van der Waals surface area contributed by atoms with Gasteiger partial charge in [-0.15, -0.1) is 0 Å². The van der Waals surface area contributed by atoms with Gasteiger partial charge in [0, 0.05) is 6.07 Å². The van der Waals surface area contributed by atoms with Gasteiger partial charge in [0.25, 0.3) is 0 Å². The second kappa shape index (κ2) is 9.80. The third kappa shape index (κ3) is 4.98. The molecule has 0 unspecified atom stereocenters. The van der Waals surface area contributed by atoms with Gasteiger partial charge in [-0.1, -0.05) is 36.4 Å². The monoisotopic (exact) mass is 511 g/mol. The van der Waals surface area contributed by atoms with Crippen LogP contribution in [0.25, 0.3) is 0 Å². The summed E-state index contributed by atoms with van der Waals surface area (Å²) in [5, 5.41) is 2.82. The minimum Gasteiger partial charge on any atom is -0.497 e. The van der Waals surface area contributed by atoms with E-state index >= 15 is 0 Å². The van der Waals surface area contributed by atoms with Crippen LogP contribution in [0.2, 0.25) is 0 Å². The molecule has 9 heteroatoms. The van der Waals surface area contributed by atoms with E-state index < -0.39 is 35.8 Å². The number of aryl methyl sites for hydroxylation is 1. The zero-order chi connectivity index (χ0) is 26.2. The maximum atomic E-state index is 13.5. The third-order valence-electron chi connectivity index (χ3n) is 6.68. The van der Waals surface area contributed by atoms with Crippen LogP contribution in [0.5, 0.6) is 11.5 Å². The highest BCUT2D eigenvalue weighted by Gasteiger charge is 2.42. The lowest BCUT2D eigenvalue weighted by Crippen LogP contribution is -2.43. The van der Waals surface area contributed by atoms with Crippen molar-refractivity contribution >= 4 is 11.9 Å². The van der Waals surface area contributed by atoms with Crippen molar-refractivity contribution in [2.45, 2.75) is 43.7 Å². The van der Waals surface area contributed by atoms with E-state index in [0.29, 0.717) is 12.2 Å². The number of fused-ring (bicyclic) bond motifs is 2. The summed E-state index contributed by atoms with van der Waals surface area (Å²) in [6.45, 7) is 0. The number of rotatable bonds is 4. The third-order valence-corrected chi connectivity index (χ3v) is 6.68. The molecular weight excluding hydrogens is 487 g/mol. The lowest BCUT2D eigenvalue weighted by molar-refractivity contribution is -0.137. The number of ether oxygens (including phenoxy) is 3. The van der Waals surface area contributed by atoms with Crippen LogP contribution >= 0.6 is 0 Å². The highest BCUT2D eigenvalue weighted by molar-refractivity contribution is 6.04. The predicted octanol–water partition coefficient (Wildman–Crippen LogP) is 6.20. The molecule has 0 radical (unpaired) electrons. The number of methoxy groups -OCH3 is 1. The van der Waals surface area contributed by atoms with E-state index in [1.807, 2.05) is 24.3 Å². The van der Waals surface area contributed by atoms with Crippen molar-refractivity contribution in [2.75, 3.05) is 7.11 Å². The fourth-order valence-corrected chi connectivity index (χ4v) is 4.87. The summed E-state index contributed by atoms with van der Waals surface area (Å²) in [6, 6.07) is 16.4. The molecule has 2 aliphatic rings.